The topological polar surface area (TPSA) is 101 Å². The van der Waals surface area contributed by atoms with E-state index in [2.05, 4.69) is 0 Å². The van der Waals surface area contributed by atoms with Crippen molar-refractivity contribution in [1.82, 2.24) is 0 Å². The van der Waals surface area contributed by atoms with Crippen LogP contribution in [0.4, 0.5) is 0 Å². The molecule has 5 nitrogen and oxygen atoms in total. The lowest BCUT2D eigenvalue weighted by Gasteiger charge is -2.25. The maximum absolute atomic E-state index is 9.25. The molecule has 5 N–H and O–H groups in total. The number of rotatable bonds is 6. The van der Waals surface area contributed by atoms with Gasteiger partial charge in [0.2, 0.25) is 0 Å². The minimum Gasteiger partial charge on any atom is -0.394 e. The summed E-state index contributed by atoms with van der Waals surface area (Å²) in [5.41, 5.74) is 0. The Hall–Kier alpha value is -0.200. The van der Waals surface area contributed by atoms with E-state index < -0.39 is 31.0 Å². The summed E-state index contributed by atoms with van der Waals surface area (Å²) in [6.07, 6.45) is -4.40. The van der Waals surface area contributed by atoms with Crippen LogP contribution < -0.4 is 0 Å². The van der Waals surface area contributed by atoms with Crippen molar-refractivity contribution < 1.29 is 25.5 Å². The monoisotopic (exact) mass is 194 g/mol. The number of aliphatic hydroxyl groups is 5. The molecule has 4 atom stereocenters. The van der Waals surface area contributed by atoms with Gasteiger partial charge in [-0.1, -0.05) is 13.3 Å². The van der Waals surface area contributed by atoms with Gasteiger partial charge in [0.1, 0.15) is 18.3 Å². The summed E-state index contributed by atoms with van der Waals surface area (Å²) in [4.78, 5) is 0. The molecule has 0 radical (unpaired) electrons. The van der Waals surface area contributed by atoms with E-state index in [4.69, 9.17) is 15.3 Å². The standard InChI is InChI=1S/C8H18O5/c1-2-3-5(10)7(12)8(13)6(11)4-9/h5-13H,2-4H2,1H3/t5?,6-,7?,8?/m1/s1. The van der Waals surface area contributed by atoms with E-state index in [1.165, 1.54) is 0 Å². The Morgan fingerprint density at radius 1 is 0.923 bits per heavy atom. The average molecular weight is 194 g/mol. The van der Waals surface area contributed by atoms with Crippen LogP contribution in [0.2, 0.25) is 0 Å². The molecule has 0 saturated carbocycles. The summed E-state index contributed by atoms with van der Waals surface area (Å²) in [6, 6.07) is 0. The zero-order chi connectivity index (χ0) is 10.4. The fourth-order valence-electron chi connectivity index (χ4n) is 1.03. The van der Waals surface area contributed by atoms with Crippen molar-refractivity contribution in [2.24, 2.45) is 0 Å². The second-order valence-corrected chi connectivity index (χ2v) is 3.09. The maximum atomic E-state index is 9.25. The largest absolute Gasteiger partial charge is 0.394 e. The van der Waals surface area contributed by atoms with Crippen LogP contribution in [0.3, 0.4) is 0 Å². The van der Waals surface area contributed by atoms with Crippen molar-refractivity contribution in [2.45, 2.75) is 44.2 Å². The first kappa shape index (κ1) is 12.8. The van der Waals surface area contributed by atoms with E-state index in [0.29, 0.717) is 12.8 Å². The normalized spacial score (nSPS) is 20.8. The Labute approximate surface area is 77.3 Å². The second kappa shape index (κ2) is 6.28. The van der Waals surface area contributed by atoms with Gasteiger partial charge in [0.15, 0.2) is 0 Å². The van der Waals surface area contributed by atoms with Gasteiger partial charge in [0, 0.05) is 0 Å². The molecule has 80 valence electrons. The van der Waals surface area contributed by atoms with E-state index in [0.717, 1.165) is 0 Å². The van der Waals surface area contributed by atoms with Crippen LogP contribution in [-0.2, 0) is 0 Å². The summed E-state index contributed by atoms with van der Waals surface area (Å²) in [7, 11) is 0. The van der Waals surface area contributed by atoms with Crippen molar-refractivity contribution in [3.63, 3.8) is 0 Å². The quantitative estimate of drug-likeness (QED) is 0.344. The zero-order valence-electron chi connectivity index (χ0n) is 7.67. The molecule has 0 saturated heterocycles. The molecular weight excluding hydrogens is 176 g/mol. The molecule has 3 unspecified atom stereocenters. The summed E-state index contributed by atoms with van der Waals surface area (Å²) in [6.45, 7) is 1.18. The van der Waals surface area contributed by atoms with Gasteiger partial charge in [0.25, 0.3) is 0 Å². The third kappa shape index (κ3) is 4.02. The van der Waals surface area contributed by atoms with Crippen molar-refractivity contribution >= 4 is 0 Å². The van der Waals surface area contributed by atoms with Crippen molar-refractivity contribution in [2.75, 3.05) is 6.61 Å². The molecule has 0 aromatic carbocycles. The van der Waals surface area contributed by atoms with Crippen molar-refractivity contribution in [3.8, 4) is 0 Å². The molecule has 0 aromatic heterocycles. The second-order valence-electron chi connectivity index (χ2n) is 3.09. The van der Waals surface area contributed by atoms with E-state index in [1.807, 2.05) is 6.92 Å². The van der Waals surface area contributed by atoms with Gasteiger partial charge < -0.3 is 25.5 Å². The lowest BCUT2D eigenvalue weighted by Crippen LogP contribution is -2.45. The maximum Gasteiger partial charge on any atom is 0.110 e. The fourth-order valence-corrected chi connectivity index (χ4v) is 1.03. The van der Waals surface area contributed by atoms with Crippen LogP contribution in [0.25, 0.3) is 0 Å². The molecule has 0 amide bonds. The molecule has 0 spiro atoms. The molecule has 0 aliphatic carbocycles. The van der Waals surface area contributed by atoms with E-state index in [1.54, 1.807) is 0 Å². The minimum atomic E-state index is -1.51. The lowest BCUT2D eigenvalue weighted by atomic mass is 10.0. The van der Waals surface area contributed by atoms with Gasteiger partial charge >= 0.3 is 0 Å². The Kier molecular flexibility index (Phi) is 6.19. The number of hydrogen-bond donors (Lipinski definition) is 5. The molecule has 0 rings (SSSR count). The van der Waals surface area contributed by atoms with Crippen LogP contribution >= 0.6 is 0 Å². The highest BCUT2D eigenvalue weighted by Crippen LogP contribution is 2.09. The number of hydrogen-bond acceptors (Lipinski definition) is 5. The van der Waals surface area contributed by atoms with E-state index in [9.17, 15) is 10.2 Å². The predicted octanol–water partition coefficient (Wildman–Crippen LogP) is -1.78. The smallest absolute Gasteiger partial charge is 0.110 e. The van der Waals surface area contributed by atoms with Crippen molar-refractivity contribution in [3.05, 3.63) is 0 Å². The number of aliphatic hydroxyl groups excluding tert-OH is 5. The van der Waals surface area contributed by atoms with Gasteiger partial charge in [-0.2, -0.15) is 0 Å². The highest BCUT2D eigenvalue weighted by Gasteiger charge is 2.29. The van der Waals surface area contributed by atoms with Crippen LogP contribution in [0.1, 0.15) is 19.8 Å². The predicted molar refractivity (Wildman–Crippen MR) is 46.0 cm³/mol. The van der Waals surface area contributed by atoms with Gasteiger partial charge in [0.05, 0.1) is 12.7 Å². The molecule has 0 heterocycles. The molecule has 13 heavy (non-hydrogen) atoms. The Morgan fingerprint density at radius 2 is 1.38 bits per heavy atom. The molecular formula is C8H18O5. The van der Waals surface area contributed by atoms with Gasteiger partial charge in [-0.3, -0.25) is 0 Å². The van der Waals surface area contributed by atoms with Crippen LogP contribution in [0.15, 0.2) is 0 Å². The minimum absolute atomic E-state index is 0.344. The van der Waals surface area contributed by atoms with Crippen LogP contribution in [-0.4, -0.2) is 56.6 Å². The molecule has 5 heteroatoms. The zero-order valence-corrected chi connectivity index (χ0v) is 7.67. The first-order valence-electron chi connectivity index (χ1n) is 4.37. The Morgan fingerprint density at radius 3 is 1.77 bits per heavy atom. The lowest BCUT2D eigenvalue weighted by molar-refractivity contribution is -0.116. The highest BCUT2D eigenvalue weighted by molar-refractivity contribution is 4.80. The van der Waals surface area contributed by atoms with Gasteiger partial charge in [-0.05, 0) is 6.42 Å². The van der Waals surface area contributed by atoms with E-state index >= 15 is 0 Å². The first-order valence-corrected chi connectivity index (χ1v) is 4.37. The third-order valence-corrected chi connectivity index (χ3v) is 1.91. The van der Waals surface area contributed by atoms with Crippen LogP contribution in [0.5, 0.6) is 0 Å². The summed E-state index contributed by atoms with van der Waals surface area (Å²) in [5.74, 6) is 0. The molecule has 0 aromatic rings. The van der Waals surface area contributed by atoms with Gasteiger partial charge in [-0.15, -0.1) is 0 Å². The summed E-state index contributed by atoms with van der Waals surface area (Å²) >= 11 is 0. The van der Waals surface area contributed by atoms with E-state index in [-0.39, 0.29) is 0 Å². The molecule has 0 aliphatic rings. The van der Waals surface area contributed by atoms with Gasteiger partial charge in [-0.25, -0.2) is 0 Å². The van der Waals surface area contributed by atoms with Crippen LogP contribution in [0, 0.1) is 0 Å². The third-order valence-electron chi connectivity index (χ3n) is 1.91. The molecule has 0 bridgehead atoms. The molecule has 0 aliphatic heterocycles. The first-order chi connectivity index (χ1) is 6.04. The molecule has 0 fully saturated rings. The average Bonchev–Trinajstić information content (AvgIpc) is 2.14. The Bertz CT molecular complexity index is 130. The SMILES string of the molecule is CCCC(O)C(O)C(O)[C@H](O)CO. The Balaban J connectivity index is 3.99. The highest BCUT2D eigenvalue weighted by atomic mass is 16.4. The summed E-state index contributed by atoms with van der Waals surface area (Å²) < 4.78 is 0. The summed E-state index contributed by atoms with van der Waals surface area (Å²) in [5, 5.41) is 45.0. The van der Waals surface area contributed by atoms with Crippen molar-refractivity contribution in [1.29, 1.82) is 0 Å². The fraction of sp³-hybridized carbons (Fsp3) is 1.00.